The van der Waals surface area contributed by atoms with Crippen molar-refractivity contribution in [1.29, 1.82) is 0 Å². The van der Waals surface area contributed by atoms with Crippen molar-refractivity contribution >= 4 is 34.5 Å². The maximum absolute atomic E-state index is 13.1. The predicted octanol–water partition coefficient (Wildman–Crippen LogP) is 4.70. The standard InChI is InChI=1S/C24H24ClN3O4/c1-14-13-27(10-11-28(14)24(30)31)23(29)17-6-9-19-20(12-17)26-22(15(2)21(19)25)16-4-7-18(32-3)8-5-16/h4-9,12,14H,10-11,13H2,1-3H3,(H,30,31)/t14-/m0/s1. The number of ether oxygens (including phenoxy) is 1. The van der Waals surface area contributed by atoms with Gasteiger partial charge in [-0.05, 0) is 55.8 Å². The molecule has 8 heteroatoms. The maximum atomic E-state index is 13.1. The van der Waals surface area contributed by atoms with Crippen LogP contribution in [-0.4, -0.2) is 64.7 Å². The van der Waals surface area contributed by atoms with Crippen LogP contribution in [0.25, 0.3) is 22.2 Å². The first-order chi connectivity index (χ1) is 15.3. The summed E-state index contributed by atoms with van der Waals surface area (Å²) < 4.78 is 5.23. The summed E-state index contributed by atoms with van der Waals surface area (Å²) in [6, 6.07) is 12.6. The van der Waals surface area contributed by atoms with Crippen molar-refractivity contribution in [2.24, 2.45) is 0 Å². The number of amides is 2. The molecule has 3 aromatic rings. The average molecular weight is 454 g/mol. The number of rotatable bonds is 3. The van der Waals surface area contributed by atoms with E-state index < -0.39 is 6.09 Å². The highest BCUT2D eigenvalue weighted by atomic mass is 35.5. The van der Waals surface area contributed by atoms with Gasteiger partial charge in [-0.3, -0.25) is 4.79 Å². The first kappa shape index (κ1) is 21.9. The third-order valence-corrected chi connectivity index (χ3v) is 6.41. The van der Waals surface area contributed by atoms with Crippen LogP contribution in [0, 0.1) is 6.92 Å². The van der Waals surface area contributed by atoms with Crippen LogP contribution >= 0.6 is 11.6 Å². The van der Waals surface area contributed by atoms with E-state index in [1.165, 1.54) is 4.90 Å². The van der Waals surface area contributed by atoms with Crippen LogP contribution in [-0.2, 0) is 0 Å². The highest BCUT2D eigenvalue weighted by molar-refractivity contribution is 6.36. The molecule has 2 aromatic carbocycles. The molecule has 0 aliphatic carbocycles. The number of methoxy groups -OCH3 is 1. The lowest BCUT2D eigenvalue weighted by atomic mass is 10.0. The molecule has 1 aliphatic rings. The second-order valence-corrected chi connectivity index (χ2v) is 8.31. The van der Waals surface area contributed by atoms with Crippen molar-refractivity contribution in [3.8, 4) is 17.0 Å². The molecule has 4 rings (SSSR count). The number of carboxylic acid groups (broad SMARTS) is 1. The van der Waals surface area contributed by atoms with Crippen molar-refractivity contribution in [1.82, 2.24) is 14.8 Å². The Kier molecular flexibility index (Phi) is 5.93. The van der Waals surface area contributed by atoms with E-state index in [4.69, 9.17) is 21.3 Å². The normalized spacial score (nSPS) is 16.3. The second kappa shape index (κ2) is 8.67. The minimum Gasteiger partial charge on any atom is -0.497 e. The van der Waals surface area contributed by atoms with Crippen LogP contribution in [0.5, 0.6) is 5.75 Å². The number of hydrogen-bond donors (Lipinski definition) is 1. The molecule has 1 aromatic heterocycles. The number of pyridine rings is 1. The summed E-state index contributed by atoms with van der Waals surface area (Å²) in [7, 11) is 1.62. The zero-order chi connectivity index (χ0) is 23.0. The average Bonchev–Trinajstić information content (AvgIpc) is 2.80. The largest absolute Gasteiger partial charge is 0.497 e. The van der Waals surface area contributed by atoms with E-state index in [0.717, 1.165) is 28.0 Å². The van der Waals surface area contributed by atoms with Gasteiger partial charge in [-0.1, -0.05) is 17.7 Å². The van der Waals surface area contributed by atoms with Crippen LogP contribution in [0.15, 0.2) is 42.5 Å². The number of nitrogens with zero attached hydrogens (tertiary/aromatic N) is 3. The molecule has 166 valence electrons. The van der Waals surface area contributed by atoms with Crippen molar-refractivity contribution < 1.29 is 19.4 Å². The summed E-state index contributed by atoms with van der Waals surface area (Å²) >= 11 is 6.66. The molecule has 0 saturated carbocycles. The molecular formula is C24H24ClN3O4. The molecule has 1 fully saturated rings. The third-order valence-electron chi connectivity index (χ3n) is 5.92. The lowest BCUT2D eigenvalue weighted by molar-refractivity contribution is 0.0507. The Morgan fingerprint density at radius 1 is 1.16 bits per heavy atom. The topological polar surface area (TPSA) is 83.0 Å². The van der Waals surface area contributed by atoms with Gasteiger partial charge >= 0.3 is 6.09 Å². The van der Waals surface area contributed by atoms with Gasteiger partial charge in [-0.15, -0.1) is 0 Å². The zero-order valence-electron chi connectivity index (χ0n) is 18.1. The number of fused-ring (bicyclic) bond motifs is 1. The Morgan fingerprint density at radius 3 is 2.50 bits per heavy atom. The molecule has 32 heavy (non-hydrogen) atoms. The van der Waals surface area contributed by atoms with E-state index in [-0.39, 0.29) is 11.9 Å². The highest BCUT2D eigenvalue weighted by Gasteiger charge is 2.30. The SMILES string of the molecule is COc1ccc(-c2nc3cc(C(=O)N4CCN(C(=O)O)[C@@H](C)C4)ccc3c(Cl)c2C)cc1. The summed E-state index contributed by atoms with van der Waals surface area (Å²) in [6.45, 7) is 4.73. The van der Waals surface area contributed by atoms with E-state index in [1.54, 1.807) is 31.1 Å². The minimum absolute atomic E-state index is 0.145. The molecule has 1 saturated heterocycles. The summed E-state index contributed by atoms with van der Waals surface area (Å²) in [4.78, 5) is 32.3. The molecule has 1 N–H and O–H groups in total. The van der Waals surface area contributed by atoms with Gasteiger partial charge in [0.25, 0.3) is 5.91 Å². The fourth-order valence-corrected chi connectivity index (χ4v) is 4.34. The summed E-state index contributed by atoms with van der Waals surface area (Å²) in [5.74, 6) is 0.608. The van der Waals surface area contributed by atoms with E-state index in [1.807, 2.05) is 37.3 Å². The van der Waals surface area contributed by atoms with Gasteiger partial charge in [0.15, 0.2) is 0 Å². The van der Waals surface area contributed by atoms with Gasteiger partial charge in [0.1, 0.15) is 5.75 Å². The molecule has 0 bridgehead atoms. The van der Waals surface area contributed by atoms with Gasteiger partial charge in [-0.2, -0.15) is 0 Å². The van der Waals surface area contributed by atoms with E-state index in [2.05, 4.69) is 0 Å². The molecule has 0 spiro atoms. The third kappa shape index (κ3) is 3.96. The number of carbonyl (C=O) groups excluding carboxylic acids is 1. The molecule has 2 amide bonds. The predicted molar refractivity (Wildman–Crippen MR) is 124 cm³/mol. The Bertz CT molecular complexity index is 1200. The molecule has 2 heterocycles. The lowest BCUT2D eigenvalue weighted by Gasteiger charge is -2.38. The molecular weight excluding hydrogens is 430 g/mol. The van der Waals surface area contributed by atoms with Crippen molar-refractivity contribution in [3.63, 3.8) is 0 Å². The first-order valence-corrected chi connectivity index (χ1v) is 10.7. The van der Waals surface area contributed by atoms with Gasteiger partial charge in [0.05, 0.1) is 23.3 Å². The van der Waals surface area contributed by atoms with Crippen molar-refractivity contribution in [2.75, 3.05) is 26.7 Å². The number of aromatic nitrogens is 1. The molecule has 1 aliphatic heterocycles. The Morgan fingerprint density at radius 2 is 1.88 bits per heavy atom. The van der Waals surface area contributed by atoms with Gasteiger partial charge in [-0.25, -0.2) is 9.78 Å². The summed E-state index contributed by atoms with van der Waals surface area (Å²) in [5.41, 5.74) is 3.65. The fraction of sp³-hybridized carbons (Fsp3) is 0.292. The number of benzene rings is 2. The van der Waals surface area contributed by atoms with E-state index >= 15 is 0 Å². The van der Waals surface area contributed by atoms with Crippen LogP contribution in [0.1, 0.15) is 22.8 Å². The van der Waals surface area contributed by atoms with Crippen molar-refractivity contribution in [3.05, 3.63) is 58.6 Å². The molecule has 0 unspecified atom stereocenters. The number of halogens is 1. The quantitative estimate of drug-likeness (QED) is 0.621. The maximum Gasteiger partial charge on any atom is 0.407 e. The van der Waals surface area contributed by atoms with Crippen LogP contribution in [0.3, 0.4) is 0 Å². The lowest BCUT2D eigenvalue weighted by Crippen LogP contribution is -2.55. The monoisotopic (exact) mass is 453 g/mol. The first-order valence-electron chi connectivity index (χ1n) is 10.3. The van der Waals surface area contributed by atoms with Crippen LogP contribution < -0.4 is 4.74 Å². The zero-order valence-corrected chi connectivity index (χ0v) is 18.9. The molecule has 0 radical (unpaired) electrons. The van der Waals surface area contributed by atoms with Crippen LogP contribution in [0.4, 0.5) is 4.79 Å². The Labute approximate surface area is 191 Å². The number of hydrogen-bond acceptors (Lipinski definition) is 4. The minimum atomic E-state index is -0.962. The van der Waals surface area contributed by atoms with Gasteiger partial charge < -0.3 is 19.6 Å². The van der Waals surface area contributed by atoms with Gasteiger partial charge in [0.2, 0.25) is 0 Å². The summed E-state index contributed by atoms with van der Waals surface area (Å²) in [5, 5.41) is 10.6. The summed E-state index contributed by atoms with van der Waals surface area (Å²) in [6.07, 6.45) is -0.962. The molecule has 7 nitrogen and oxygen atoms in total. The van der Waals surface area contributed by atoms with E-state index in [9.17, 15) is 14.7 Å². The smallest absolute Gasteiger partial charge is 0.407 e. The highest BCUT2D eigenvalue weighted by Crippen LogP contribution is 2.34. The Hall–Kier alpha value is -3.32. The van der Waals surface area contributed by atoms with Gasteiger partial charge in [0, 0.05) is 42.2 Å². The number of carbonyl (C=O) groups is 2. The second-order valence-electron chi connectivity index (χ2n) is 7.94. The van der Waals surface area contributed by atoms with Crippen LogP contribution in [0.2, 0.25) is 5.02 Å². The Balaban J connectivity index is 1.68. The van der Waals surface area contributed by atoms with E-state index in [0.29, 0.717) is 35.7 Å². The fourth-order valence-electron chi connectivity index (χ4n) is 4.09. The molecule has 1 atom stereocenters. The van der Waals surface area contributed by atoms with Crippen molar-refractivity contribution in [2.45, 2.75) is 19.9 Å². The number of piperazine rings is 1.